The molecule has 15 heavy (non-hydrogen) atoms. The summed E-state index contributed by atoms with van der Waals surface area (Å²) >= 11 is 4.95. The Morgan fingerprint density at radius 3 is 3.07 bits per heavy atom. The minimum atomic E-state index is 0.0178. The van der Waals surface area contributed by atoms with Gasteiger partial charge in [-0.2, -0.15) is 0 Å². The van der Waals surface area contributed by atoms with Crippen LogP contribution in [0.3, 0.4) is 0 Å². The topological polar surface area (TPSA) is 64.1 Å². The molecule has 3 N–H and O–H groups in total. The molecule has 0 bridgehead atoms. The van der Waals surface area contributed by atoms with Crippen molar-refractivity contribution in [3.63, 3.8) is 0 Å². The van der Waals surface area contributed by atoms with E-state index in [2.05, 4.69) is 26.3 Å². The van der Waals surface area contributed by atoms with Crippen molar-refractivity contribution in [2.24, 2.45) is 5.84 Å². The average molecular weight is 288 g/mol. The molecule has 0 aliphatic rings. The van der Waals surface area contributed by atoms with Crippen LogP contribution >= 0.6 is 27.3 Å². The number of hydrogen-bond acceptors (Lipinski definition) is 5. The zero-order chi connectivity index (χ0) is 10.7. The predicted molar refractivity (Wildman–Crippen MR) is 62.3 cm³/mol. The lowest BCUT2D eigenvalue weighted by Gasteiger charge is -2.12. The van der Waals surface area contributed by atoms with Crippen LogP contribution in [0.1, 0.15) is 16.6 Å². The quantitative estimate of drug-likeness (QED) is 0.669. The fourth-order valence-electron chi connectivity index (χ4n) is 1.34. The van der Waals surface area contributed by atoms with Crippen LogP contribution in [0, 0.1) is 0 Å². The van der Waals surface area contributed by atoms with E-state index in [1.165, 1.54) is 0 Å². The molecule has 2 aromatic heterocycles. The van der Waals surface area contributed by atoms with E-state index in [1.807, 2.05) is 11.4 Å². The van der Waals surface area contributed by atoms with Gasteiger partial charge in [-0.1, -0.05) is 0 Å². The van der Waals surface area contributed by atoms with Crippen molar-refractivity contribution >= 4 is 27.3 Å². The number of nitrogens with two attached hydrogens (primary N) is 1. The monoisotopic (exact) mass is 287 g/mol. The number of nitrogens with one attached hydrogen (secondary N) is 1. The minimum absolute atomic E-state index is 0.0178. The van der Waals surface area contributed by atoms with Gasteiger partial charge in [0, 0.05) is 23.6 Å². The Balaban J connectivity index is 2.15. The van der Waals surface area contributed by atoms with Gasteiger partial charge in [-0.25, -0.2) is 4.98 Å². The number of rotatable bonds is 4. The minimum Gasteiger partial charge on any atom is -0.457 e. The first-order valence-corrected chi connectivity index (χ1v) is 6.06. The van der Waals surface area contributed by atoms with Gasteiger partial charge in [0.05, 0.1) is 17.3 Å². The summed E-state index contributed by atoms with van der Waals surface area (Å²) in [6.07, 6.45) is 4.18. The van der Waals surface area contributed by atoms with E-state index in [0.717, 1.165) is 17.0 Å². The standard InChI is InChI=1S/C9H10BrN3OS/c10-9-6(1-3-14-9)7(13-11)5-8-12-2-4-15-8/h1-4,7,13H,5,11H2. The number of hydrazine groups is 1. The van der Waals surface area contributed by atoms with Crippen LogP contribution in [-0.4, -0.2) is 4.98 Å². The van der Waals surface area contributed by atoms with Crippen LogP contribution in [-0.2, 0) is 6.42 Å². The second kappa shape index (κ2) is 4.89. The Morgan fingerprint density at radius 1 is 1.67 bits per heavy atom. The Labute approximate surface area is 99.6 Å². The maximum Gasteiger partial charge on any atom is 0.173 e. The zero-order valence-electron chi connectivity index (χ0n) is 7.81. The lowest BCUT2D eigenvalue weighted by atomic mass is 10.1. The molecule has 0 amide bonds. The molecule has 80 valence electrons. The fourth-order valence-corrected chi connectivity index (χ4v) is 2.52. The van der Waals surface area contributed by atoms with Crippen molar-refractivity contribution in [2.75, 3.05) is 0 Å². The highest BCUT2D eigenvalue weighted by molar-refractivity contribution is 9.10. The summed E-state index contributed by atoms with van der Waals surface area (Å²) in [7, 11) is 0. The SMILES string of the molecule is NNC(Cc1nccs1)c1ccoc1Br. The third kappa shape index (κ3) is 2.46. The van der Waals surface area contributed by atoms with E-state index in [4.69, 9.17) is 10.3 Å². The van der Waals surface area contributed by atoms with Crippen LogP contribution in [0.25, 0.3) is 0 Å². The molecule has 4 nitrogen and oxygen atoms in total. The summed E-state index contributed by atoms with van der Waals surface area (Å²) in [6, 6.07) is 1.91. The molecular weight excluding hydrogens is 278 g/mol. The molecule has 0 saturated carbocycles. The smallest absolute Gasteiger partial charge is 0.173 e. The second-order valence-electron chi connectivity index (χ2n) is 3.00. The Bertz CT molecular complexity index is 415. The molecule has 0 aromatic carbocycles. The molecule has 0 aliphatic heterocycles. The highest BCUT2D eigenvalue weighted by Gasteiger charge is 2.16. The van der Waals surface area contributed by atoms with Gasteiger partial charge in [-0.3, -0.25) is 11.3 Å². The van der Waals surface area contributed by atoms with Crippen LogP contribution < -0.4 is 11.3 Å². The number of thiazole rings is 1. The van der Waals surface area contributed by atoms with Gasteiger partial charge in [0.15, 0.2) is 4.67 Å². The van der Waals surface area contributed by atoms with Crippen molar-refractivity contribution in [1.82, 2.24) is 10.4 Å². The third-order valence-corrected chi connectivity index (χ3v) is 3.53. The van der Waals surface area contributed by atoms with Gasteiger partial charge in [-0.15, -0.1) is 11.3 Å². The Morgan fingerprint density at radius 2 is 2.53 bits per heavy atom. The van der Waals surface area contributed by atoms with Gasteiger partial charge in [0.25, 0.3) is 0 Å². The van der Waals surface area contributed by atoms with E-state index in [9.17, 15) is 0 Å². The Kier molecular flexibility index (Phi) is 3.53. The van der Waals surface area contributed by atoms with E-state index >= 15 is 0 Å². The number of hydrogen-bond donors (Lipinski definition) is 2. The van der Waals surface area contributed by atoms with E-state index in [0.29, 0.717) is 4.67 Å². The fraction of sp³-hybridized carbons (Fsp3) is 0.222. The molecule has 1 atom stereocenters. The maximum atomic E-state index is 5.51. The molecular formula is C9H10BrN3OS. The maximum absolute atomic E-state index is 5.51. The van der Waals surface area contributed by atoms with Crippen molar-refractivity contribution in [2.45, 2.75) is 12.5 Å². The number of furan rings is 1. The lowest BCUT2D eigenvalue weighted by Crippen LogP contribution is -2.29. The molecule has 0 spiro atoms. The molecule has 2 heterocycles. The predicted octanol–water partition coefficient (Wildman–Crippen LogP) is 2.25. The van der Waals surface area contributed by atoms with Gasteiger partial charge in [0.1, 0.15) is 0 Å². The third-order valence-electron chi connectivity index (χ3n) is 2.08. The van der Waals surface area contributed by atoms with Gasteiger partial charge in [-0.05, 0) is 22.0 Å². The van der Waals surface area contributed by atoms with Crippen molar-refractivity contribution in [3.8, 4) is 0 Å². The lowest BCUT2D eigenvalue weighted by molar-refractivity contribution is 0.506. The molecule has 0 aliphatic carbocycles. The van der Waals surface area contributed by atoms with E-state index in [-0.39, 0.29) is 6.04 Å². The zero-order valence-corrected chi connectivity index (χ0v) is 10.2. The number of halogens is 1. The van der Waals surface area contributed by atoms with Crippen LogP contribution in [0.4, 0.5) is 0 Å². The summed E-state index contributed by atoms with van der Waals surface area (Å²) in [5.74, 6) is 5.51. The van der Waals surface area contributed by atoms with Gasteiger partial charge >= 0.3 is 0 Å². The van der Waals surface area contributed by atoms with Crippen LogP contribution in [0.5, 0.6) is 0 Å². The highest BCUT2D eigenvalue weighted by atomic mass is 79.9. The molecule has 2 rings (SSSR count). The Hall–Kier alpha value is -0.690. The van der Waals surface area contributed by atoms with E-state index in [1.54, 1.807) is 23.8 Å². The van der Waals surface area contributed by atoms with Crippen molar-refractivity contribution < 1.29 is 4.42 Å². The van der Waals surface area contributed by atoms with Gasteiger partial charge < -0.3 is 4.42 Å². The summed E-state index contributed by atoms with van der Waals surface area (Å²) in [5, 5.41) is 3.00. The normalized spacial score (nSPS) is 12.9. The van der Waals surface area contributed by atoms with Gasteiger partial charge in [0.2, 0.25) is 0 Å². The summed E-state index contributed by atoms with van der Waals surface area (Å²) < 4.78 is 5.88. The summed E-state index contributed by atoms with van der Waals surface area (Å²) in [5.41, 5.74) is 3.77. The number of nitrogens with zero attached hydrogens (tertiary/aromatic N) is 1. The summed E-state index contributed by atoms with van der Waals surface area (Å²) in [6.45, 7) is 0. The average Bonchev–Trinajstić information content (AvgIpc) is 2.85. The first-order valence-electron chi connectivity index (χ1n) is 4.38. The van der Waals surface area contributed by atoms with Crippen molar-refractivity contribution in [3.05, 3.63) is 39.1 Å². The van der Waals surface area contributed by atoms with E-state index < -0.39 is 0 Å². The molecule has 6 heteroatoms. The highest BCUT2D eigenvalue weighted by Crippen LogP contribution is 2.26. The number of aromatic nitrogens is 1. The molecule has 0 saturated heterocycles. The first-order chi connectivity index (χ1) is 7.31. The molecule has 0 radical (unpaired) electrons. The van der Waals surface area contributed by atoms with Crippen molar-refractivity contribution in [1.29, 1.82) is 0 Å². The molecule has 2 aromatic rings. The van der Waals surface area contributed by atoms with Crippen LogP contribution in [0.2, 0.25) is 0 Å². The molecule has 1 unspecified atom stereocenters. The van der Waals surface area contributed by atoms with Crippen LogP contribution in [0.15, 0.2) is 33.0 Å². The largest absolute Gasteiger partial charge is 0.457 e. The second-order valence-corrected chi connectivity index (χ2v) is 4.70. The summed E-state index contributed by atoms with van der Waals surface area (Å²) in [4.78, 5) is 4.22. The molecule has 0 fully saturated rings. The first kappa shape index (κ1) is 10.8.